The van der Waals surface area contributed by atoms with Crippen LogP contribution in [0, 0.1) is 0 Å². The molecule has 0 fully saturated rings. The van der Waals surface area contributed by atoms with E-state index in [1.54, 1.807) is 30.5 Å². The zero-order valence-electron chi connectivity index (χ0n) is 17.8. The number of carbonyl (C=O) groups excluding carboxylic acids is 1. The molecule has 0 aliphatic rings. The van der Waals surface area contributed by atoms with Crippen molar-refractivity contribution in [2.24, 2.45) is 0 Å². The van der Waals surface area contributed by atoms with E-state index in [4.69, 9.17) is 16.3 Å². The van der Waals surface area contributed by atoms with Gasteiger partial charge in [0.15, 0.2) is 5.75 Å². The topological polar surface area (TPSA) is 67.7 Å². The Morgan fingerprint density at radius 1 is 0.943 bits per heavy atom. The second kappa shape index (κ2) is 8.84. The van der Waals surface area contributed by atoms with Crippen LogP contribution in [0.3, 0.4) is 0 Å². The minimum Gasteiger partial charge on any atom is -0.455 e. The van der Waals surface area contributed by atoms with Crippen LogP contribution >= 0.6 is 11.6 Å². The Labute approximate surface area is 201 Å². The number of amides is 2. The number of hydrogen-bond donors (Lipinski definition) is 2. The second-order valence-corrected chi connectivity index (χ2v) is 7.99. The van der Waals surface area contributed by atoms with Gasteiger partial charge in [0.05, 0.1) is 16.1 Å². The van der Waals surface area contributed by atoms with E-state index < -0.39 is 22.8 Å². The van der Waals surface area contributed by atoms with Gasteiger partial charge in [-0.3, -0.25) is 4.40 Å². The van der Waals surface area contributed by atoms with Gasteiger partial charge in [-0.2, -0.15) is 13.2 Å². The number of rotatable bonds is 4. The van der Waals surface area contributed by atoms with Crippen molar-refractivity contribution < 1.29 is 22.7 Å². The number of ether oxygens (including phenoxy) is 1. The number of para-hydroxylation sites is 1. The molecule has 6 nitrogen and oxygen atoms in total. The fraction of sp³-hybridized carbons (Fsp3) is 0.0400. The number of nitrogens with one attached hydrogen (secondary N) is 2. The van der Waals surface area contributed by atoms with Crippen molar-refractivity contribution in [2.75, 3.05) is 10.6 Å². The van der Waals surface area contributed by atoms with Crippen molar-refractivity contribution in [2.45, 2.75) is 6.18 Å². The number of benzene rings is 3. The molecule has 0 aliphatic carbocycles. The van der Waals surface area contributed by atoms with Crippen LogP contribution in [-0.4, -0.2) is 15.4 Å². The highest BCUT2D eigenvalue weighted by molar-refractivity contribution is 6.31. The smallest absolute Gasteiger partial charge is 0.417 e. The van der Waals surface area contributed by atoms with E-state index >= 15 is 0 Å². The summed E-state index contributed by atoms with van der Waals surface area (Å²) in [4.78, 5) is 16.6. The molecule has 2 amide bonds. The zero-order chi connectivity index (χ0) is 24.6. The van der Waals surface area contributed by atoms with Gasteiger partial charge in [-0.05, 0) is 60.7 Å². The summed E-state index contributed by atoms with van der Waals surface area (Å²) in [5, 5.41) is 5.48. The minimum atomic E-state index is -4.63. The Hall–Kier alpha value is -4.24. The maximum atomic E-state index is 13.0. The van der Waals surface area contributed by atoms with E-state index in [2.05, 4.69) is 15.6 Å². The Morgan fingerprint density at radius 2 is 1.69 bits per heavy atom. The van der Waals surface area contributed by atoms with Gasteiger partial charge in [0.2, 0.25) is 0 Å². The number of anilines is 2. The second-order valence-electron chi connectivity index (χ2n) is 7.58. The van der Waals surface area contributed by atoms with Crippen molar-refractivity contribution in [1.82, 2.24) is 9.38 Å². The molecule has 2 heterocycles. The lowest BCUT2D eigenvalue weighted by Crippen LogP contribution is -2.19. The average molecular weight is 497 g/mol. The number of hydrogen-bond acceptors (Lipinski definition) is 3. The summed E-state index contributed by atoms with van der Waals surface area (Å²) in [5.41, 5.74) is 1.02. The molecule has 0 saturated heterocycles. The van der Waals surface area contributed by atoms with Gasteiger partial charge >= 0.3 is 12.2 Å². The number of nitrogens with zero attached hydrogens (tertiary/aromatic N) is 2. The lowest BCUT2D eigenvalue weighted by atomic mass is 10.2. The first kappa shape index (κ1) is 22.5. The van der Waals surface area contributed by atoms with E-state index in [1.165, 1.54) is 6.07 Å². The van der Waals surface area contributed by atoms with Crippen LogP contribution in [0.15, 0.2) is 85.2 Å². The average Bonchev–Trinajstić information content (AvgIpc) is 3.30. The molecule has 0 saturated carbocycles. The molecule has 0 bridgehead atoms. The molecule has 3 aromatic carbocycles. The van der Waals surface area contributed by atoms with Gasteiger partial charge in [-0.25, -0.2) is 9.78 Å². The standard InChI is InChI=1S/C25H16ClF3N4O2/c26-20-10-7-17(14-19(20)25(27,28)29)32-24(34)31-16-5-8-18(9-6-16)35-21-3-1-2-15-4-11-22-30-12-13-33(22)23(15)21/h1-14H,(H2,31,32,34). The molecule has 176 valence electrons. The molecule has 0 atom stereocenters. The maximum Gasteiger partial charge on any atom is 0.417 e. The lowest BCUT2D eigenvalue weighted by Gasteiger charge is -2.13. The summed E-state index contributed by atoms with van der Waals surface area (Å²) in [6, 6.07) is 18.6. The quantitative estimate of drug-likeness (QED) is 0.269. The van der Waals surface area contributed by atoms with E-state index in [1.807, 2.05) is 40.9 Å². The Bertz CT molecular complexity index is 1550. The van der Waals surface area contributed by atoms with Crippen molar-refractivity contribution in [3.05, 3.63) is 95.8 Å². The third-order valence-corrected chi connectivity index (χ3v) is 5.55. The summed E-state index contributed by atoms with van der Waals surface area (Å²) in [7, 11) is 0. The van der Waals surface area contributed by atoms with Crippen molar-refractivity contribution >= 4 is 45.6 Å². The van der Waals surface area contributed by atoms with Crippen LogP contribution < -0.4 is 15.4 Å². The summed E-state index contributed by atoms with van der Waals surface area (Å²) in [6.07, 6.45) is -1.06. The molecule has 2 aromatic heterocycles. The van der Waals surface area contributed by atoms with Gasteiger partial charge in [0, 0.05) is 29.2 Å². The molecule has 35 heavy (non-hydrogen) atoms. The molecule has 2 N–H and O–H groups in total. The molecule has 0 aliphatic heterocycles. The summed E-state index contributed by atoms with van der Waals surface area (Å²) < 4.78 is 47.1. The van der Waals surface area contributed by atoms with Gasteiger partial charge in [0.25, 0.3) is 0 Å². The predicted molar refractivity (Wildman–Crippen MR) is 128 cm³/mol. The van der Waals surface area contributed by atoms with E-state index in [0.717, 1.165) is 28.7 Å². The van der Waals surface area contributed by atoms with E-state index in [0.29, 0.717) is 17.2 Å². The lowest BCUT2D eigenvalue weighted by molar-refractivity contribution is -0.137. The highest BCUT2D eigenvalue weighted by atomic mass is 35.5. The van der Waals surface area contributed by atoms with E-state index in [-0.39, 0.29) is 5.69 Å². The van der Waals surface area contributed by atoms with Gasteiger partial charge < -0.3 is 15.4 Å². The van der Waals surface area contributed by atoms with Crippen LogP contribution in [0.2, 0.25) is 5.02 Å². The fourth-order valence-electron chi connectivity index (χ4n) is 3.65. The molecule has 0 spiro atoms. The normalized spacial score (nSPS) is 11.5. The minimum absolute atomic E-state index is 0.0408. The number of alkyl halides is 3. The fourth-order valence-corrected chi connectivity index (χ4v) is 3.88. The number of fused-ring (bicyclic) bond motifs is 3. The molecule has 5 rings (SSSR count). The molecular weight excluding hydrogens is 481 g/mol. The zero-order valence-corrected chi connectivity index (χ0v) is 18.6. The number of carbonyl (C=O) groups is 1. The molecule has 0 unspecified atom stereocenters. The number of imidazole rings is 1. The first-order valence-electron chi connectivity index (χ1n) is 10.4. The third-order valence-electron chi connectivity index (χ3n) is 5.22. The van der Waals surface area contributed by atoms with Gasteiger partial charge in [-0.15, -0.1) is 0 Å². The summed E-state index contributed by atoms with van der Waals surface area (Å²) in [5.74, 6) is 1.17. The Morgan fingerprint density at radius 3 is 2.46 bits per heavy atom. The Balaban J connectivity index is 1.30. The monoisotopic (exact) mass is 496 g/mol. The third kappa shape index (κ3) is 4.71. The first-order valence-corrected chi connectivity index (χ1v) is 10.7. The van der Waals surface area contributed by atoms with Gasteiger partial charge in [-0.1, -0.05) is 23.7 Å². The number of pyridine rings is 1. The van der Waals surface area contributed by atoms with Crippen LogP contribution in [0.4, 0.5) is 29.3 Å². The highest BCUT2D eigenvalue weighted by Gasteiger charge is 2.33. The van der Waals surface area contributed by atoms with Crippen molar-refractivity contribution in [1.29, 1.82) is 0 Å². The molecular formula is C25H16ClF3N4O2. The van der Waals surface area contributed by atoms with Crippen LogP contribution in [0.25, 0.3) is 16.6 Å². The van der Waals surface area contributed by atoms with Gasteiger partial charge in [0.1, 0.15) is 11.4 Å². The first-order chi connectivity index (χ1) is 16.8. The molecule has 10 heteroatoms. The number of urea groups is 1. The van der Waals surface area contributed by atoms with Crippen LogP contribution in [0.5, 0.6) is 11.5 Å². The largest absolute Gasteiger partial charge is 0.455 e. The summed E-state index contributed by atoms with van der Waals surface area (Å²) >= 11 is 5.61. The molecule has 0 radical (unpaired) electrons. The van der Waals surface area contributed by atoms with E-state index in [9.17, 15) is 18.0 Å². The maximum absolute atomic E-state index is 13.0. The molecule has 5 aromatic rings. The van der Waals surface area contributed by atoms with Crippen LogP contribution in [-0.2, 0) is 6.18 Å². The van der Waals surface area contributed by atoms with Crippen LogP contribution in [0.1, 0.15) is 5.56 Å². The highest BCUT2D eigenvalue weighted by Crippen LogP contribution is 2.36. The predicted octanol–water partition coefficient (Wildman–Crippen LogP) is 7.60. The van der Waals surface area contributed by atoms with Crippen molar-refractivity contribution in [3.63, 3.8) is 0 Å². The summed E-state index contributed by atoms with van der Waals surface area (Å²) in [6.45, 7) is 0. The van der Waals surface area contributed by atoms with Crippen molar-refractivity contribution in [3.8, 4) is 11.5 Å². The number of aromatic nitrogens is 2. The number of halogens is 4. The Kier molecular flexibility index (Phi) is 5.70. The SMILES string of the molecule is O=C(Nc1ccc(Oc2cccc3ccc4nccn4c23)cc1)Nc1ccc(Cl)c(C(F)(F)F)c1.